The van der Waals surface area contributed by atoms with Gasteiger partial charge in [-0.1, -0.05) is 18.2 Å². The summed E-state index contributed by atoms with van der Waals surface area (Å²) >= 11 is 1.97. The quantitative estimate of drug-likeness (QED) is 0.777. The van der Waals surface area contributed by atoms with E-state index in [2.05, 4.69) is 15.4 Å². The monoisotopic (exact) mass is 225 g/mol. The molecule has 1 unspecified atom stereocenters. The highest BCUT2D eigenvalue weighted by atomic mass is 32.2. The second-order valence-corrected chi connectivity index (χ2v) is 6.03. The van der Waals surface area contributed by atoms with Gasteiger partial charge in [-0.15, -0.1) is 0 Å². The summed E-state index contributed by atoms with van der Waals surface area (Å²) < 4.78 is 0. The van der Waals surface area contributed by atoms with E-state index in [4.69, 9.17) is 0 Å². The predicted molar refractivity (Wildman–Crippen MR) is 65.0 cm³/mol. The van der Waals surface area contributed by atoms with E-state index < -0.39 is 0 Å². The van der Waals surface area contributed by atoms with Gasteiger partial charge < -0.3 is 0 Å². The Balaban J connectivity index is 1.46. The lowest BCUT2D eigenvalue weighted by Gasteiger charge is -2.27. The van der Waals surface area contributed by atoms with Crippen LogP contribution < -0.4 is 5.43 Å². The number of amidine groups is 1. The average Bonchev–Trinajstić information content (AvgIpc) is 3.02. The van der Waals surface area contributed by atoms with E-state index >= 15 is 0 Å². The molecule has 2 aliphatic heterocycles. The molecule has 15 heavy (non-hydrogen) atoms. The van der Waals surface area contributed by atoms with Crippen molar-refractivity contribution in [3.63, 3.8) is 0 Å². The van der Waals surface area contributed by atoms with Crippen LogP contribution >= 0.6 is 11.8 Å². The zero-order valence-corrected chi connectivity index (χ0v) is 9.93. The van der Waals surface area contributed by atoms with E-state index in [9.17, 15) is 0 Å². The van der Waals surface area contributed by atoms with Gasteiger partial charge in [-0.25, -0.2) is 5.01 Å². The van der Waals surface area contributed by atoms with Gasteiger partial charge in [0.2, 0.25) is 0 Å². The van der Waals surface area contributed by atoms with Crippen LogP contribution in [0, 0.1) is 5.92 Å². The molecule has 3 rings (SSSR count). The van der Waals surface area contributed by atoms with Gasteiger partial charge in [0.05, 0.1) is 6.54 Å². The molecule has 1 saturated carbocycles. The van der Waals surface area contributed by atoms with Crippen molar-refractivity contribution in [3.8, 4) is 0 Å². The van der Waals surface area contributed by atoms with E-state index in [0.29, 0.717) is 0 Å². The summed E-state index contributed by atoms with van der Waals surface area (Å²) in [7, 11) is 0. The summed E-state index contributed by atoms with van der Waals surface area (Å²) in [5, 5.41) is 4.30. The molecule has 84 valence electrons. The molecule has 1 aliphatic carbocycles. The van der Waals surface area contributed by atoms with Crippen molar-refractivity contribution in [2.75, 3.05) is 19.6 Å². The fraction of sp³-hybridized carbons (Fsp3) is 0.909. The SMILES string of the molecule is C1CCN(NC2=NCC(C3CC3)S2)CC1. The number of aliphatic imine (C=N–C) groups is 1. The second kappa shape index (κ2) is 4.34. The normalized spacial score (nSPS) is 32.8. The Hall–Kier alpha value is -0.220. The van der Waals surface area contributed by atoms with Gasteiger partial charge >= 0.3 is 0 Å². The Morgan fingerprint density at radius 3 is 2.73 bits per heavy atom. The largest absolute Gasteiger partial charge is 0.298 e. The molecule has 0 aromatic carbocycles. The van der Waals surface area contributed by atoms with Crippen LogP contribution in [0.4, 0.5) is 0 Å². The highest BCUT2D eigenvalue weighted by Gasteiger charge is 2.35. The lowest BCUT2D eigenvalue weighted by atomic mass is 10.2. The maximum Gasteiger partial charge on any atom is 0.171 e. The Bertz CT molecular complexity index is 257. The van der Waals surface area contributed by atoms with Crippen molar-refractivity contribution in [1.82, 2.24) is 10.4 Å². The smallest absolute Gasteiger partial charge is 0.171 e. The van der Waals surface area contributed by atoms with Crippen LogP contribution in [0.3, 0.4) is 0 Å². The minimum Gasteiger partial charge on any atom is -0.298 e. The standard InChI is InChI=1S/C11H19N3S/c1-2-6-14(7-3-1)13-11-12-8-10(15-11)9-4-5-9/h9-10H,1-8H2,(H,12,13). The first-order valence-electron chi connectivity index (χ1n) is 6.14. The molecular weight excluding hydrogens is 206 g/mol. The van der Waals surface area contributed by atoms with E-state index in [1.54, 1.807) is 0 Å². The number of nitrogens with zero attached hydrogens (tertiary/aromatic N) is 2. The van der Waals surface area contributed by atoms with Crippen LogP contribution in [0.5, 0.6) is 0 Å². The van der Waals surface area contributed by atoms with Crippen molar-refractivity contribution < 1.29 is 0 Å². The summed E-state index contributed by atoms with van der Waals surface area (Å²) in [5.41, 5.74) is 3.48. The van der Waals surface area contributed by atoms with E-state index in [1.165, 1.54) is 50.4 Å². The number of hydrazine groups is 1. The first kappa shape index (κ1) is 9.97. The van der Waals surface area contributed by atoms with E-state index in [1.807, 2.05) is 11.8 Å². The number of piperidine rings is 1. The van der Waals surface area contributed by atoms with Gasteiger partial charge in [0.25, 0.3) is 0 Å². The number of thioether (sulfide) groups is 1. The van der Waals surface area contributed by atoms with Crippen LogP contribution in [-0.2, 0) is 0 Å². The summed E-state index contributed by atoms with van der Waals surface area (Å²) in [5.74, 6) is 0.972. The minimum atomic E-state index is 0.789. The molecule has 3 aliphatic rings. The topological polar surface area (TPSA) is 27.6 Å². The molecule has 0 aromatic rings. The van der Waals surface area contributed by atoms with Crippen LogP contribution in [0.1, 0.15) is 32.1 Å². The molecule has 1 N–H and O–H groups in total. The number of nitrogens with one attached hydrogen (secondary N) is 1. The van der Waals surface area contributed by atoms with E-state index in [0.717, 1.165) is 17.7 Å². The van der Waals surface area contributed by atoms with Crippen molar-refractivity contribution in [1.29, 1.82) is 0 Å². The Kier molecular flexibility index (Phi) is 2.88. The van der Waals surface area contributed by atoms with E-state index in [-0.39, 0.29) is 0 Å². The molecule has 3 nitrogen and oxygen atoms in total. The number of rotatable bonds is 2. The lowest BCUT2D eigenvalue weighted by molar-refractivity contribution is 0.196. The molecule has 0 bridgehead atoms. The van der Waals surface area contributed by atoms with Crippen molar-refractivity contribution in [2.45, 2.75) is 37.4 Å². The molecule has 0 radical (unpaired) electrons. The summed E-state index contributed by atoms with van der Waals surface area (Å²) in [6.07, 6.45) is 6.92. The number of hydrogen-bond donors (Lipinski definition) is 1. The molecule has 2 heterocycles. The molecular formula is C11H19N3S. The third-order valence-electron chi connectivity index (χ3n) is 3.44. The van der Waals surface area contributed by atoms with Crippen molar-refractivity contribution in [3.05, 3.63) is 0 Å². The third-order valence-corrected chi connectivity index (χ3v) is 4.72. The van der Waals surface area contributed by atoms with Gasteiger partial charge in [-0.05, 0) is 31.6 Å². The Morgan fingerprint density at radius 1 is 1.20 bits per heavy atom. The Morgan fingerprint density at radius 2 is 2.00 bits per heavy atom. The lowest BCUT2D eigenvalue weighted by Crippen LogP contribution is -2.43. The summed E-state index contributed by atoms with van der Waals surface area (Å²) in [6.45, 7) is 3.42. The maximum absolute atomic E-state index is 4.60. The van der Waals surface area contributed by atoms with Crippen molar-refractivity contribution >= 4 is 16.9 Å². The van der Waals surface area contributed by atoms with Gasteiger partial charge in [-0.2, -0.15) is 0 Å². The van der Waals surface area contributed by atoms with Gasteiger partial charge in [0.15, 0.2) is 5.17 Å². The molecule has 4 heteroatoms. The molecule has 0 spiro atoms. The van der Waals surface area contributed by atoms with Crippen LogP contribution in [0.15, 0.2) is 4.99 Å². The number of hydrogen-bond acceptors (Lipinski definition) is 4. The zero-order chi connectivity index (χ0) is 10.1. The van der Waals surface area contributed by atoms with Gasteiger partial charge in [0.1, 0.15) is 0 Å². The third kappa shape index (κ3) is 2.48. The van der Waals surface area contributed by atoms with Gasteiger partial charge in [0, 0.05) is 18.3 Å². The van der Waals surface area contributed by atoms with Crippen molar-refractivity contribution in [2.24, 2.45) is 10.9 Å². The first-order chi connectivity index (χ1) is 7.42. The Labute approximate surface area is 95.7 Å². The highest BCUT2D eigenvalue weighted by molar-refractivity contribution is 8.14. The molecule has 1 atom stereocenters. The van der Waals surface area contributed by atoms with Crippen LogP contribution in [0.2, 0.25) is 0 Å². The minimum absolute atomic E-state index is 0.789. The summed E-state index contributed by atoms with van der Waals surface area (Å²) in [6, 6.07) is 0. The van der Waals surface area contributed by atoms with Gasteiger partial charge in [-0.3, -0.25) is 10.4 Å². The van der Waals surface area contributed by atoms with Crippen LogP contribution in [-0.4, -0.2) is 35.1 Å². The fourth-order valence-electron chi connectivity index (χ4n) is 2.31. The molecule has 2 fully saturated rings. The maximum atomic E-state index is 4.60. The first-order valence-corrected chi connectivity index (χ1v) is 7.02. The zero-order valence-electron chi connectivity index (χ0n) is 9.11. The fourth-order valence-corrected chi connectivity index (χ4v) is 3.54. The molecule has 0 aromatic heterocycles. The van der Waals surface area contributed by atoms with Crippen LogP contribution in [0.25, 0.3) is 0 Å². The molecule has 0 amide bonds. The summed E-state index contributed by atoms with van der Waals surface area (Å²) in [4.78, 5) is 4.60. The average molecular weight is 225 g/mol. The second-order valence-electron chi connectivity index (χ2n) is 4.80. The predicted octanol–water partition coefficient (Wildman–Crippen LogP) is 1.86. The molecule has 1 saturated heterocycles. The highest BCUT2D eigenvalue weighted by Crippen LogP contribution is 2.41.